The normalized spacial score (nSPS) is 23.4. The maximum absolute atomic E-state index is 12.2. The molecule has 0 aromatic carbocycles. The highest BCUT2D eigenvalue weighted by atomic mass is 16.6. The van der Waals surface area contributed by atoms with Crippen LogP contribution in [0.4, 0.5) is 4.79 Å². The quantitative estimate of drug-likeness (QED) is 0.838. The Hall–Kier alpha value is -0.770. The van der Waals surface area contributed by atoms with Crippen LogP contribution in [0, 0.1) is 5.92 Å². The molecule has 1 N–H and O–H groups in total. The third kappa shape index (κ3) is 3.85. The van der Waals surface area contributed by atoms with Crippen LogP contribution in [0.25, 0.3) is 0 Å². The molecule has 1 amide bonds. The minimum atomic E-state index is -0.367. The Morgan fingerprint density at radius 1 is 1.11 bits per heavy atom. The highest BCUT2D eigenvalue weighted by molar-refractivity contribution is 5.68. The van der Waals surface area contributed by atoms with Crippen LogP contribution in [0.15, 0.2) is 0 Å². The molecule has 0 atom stereocenters. The van der Waals surface area contributed by atoms with Crippen LogP contribution in [0.3, 0.4) is 0 Å². The summed E-state index contributed by atoms with van der Waals surface area (Å²) in [5, 5.41) is 9.47. The molecule has 1 saturated heterocycles. The summed E-state index contributed by atoms with van der Waals surface area (Å²) in [5.41, 5.74) is -0.367. The van der Waals surface area contributed by atoms with Gasteiger partial charge in [0.1, 0.15) is 5.60 Å². The predicted octanol–water partition coefficient (Wildman–Crippen LogP) is 2.94. The van der Waals surface area contributed by atoms with E-state index in [-0.39, 0.29) is 17.8 Å². The number of aliphatic hydroxyl groups excluding tert-OH is 1. The first-order valence-electron chi connectivity index (χ1n) is 7.65. The van der Waals surface area contributed by atoms with E-state index < -0.39 is 0 Å². The lowest BCUT2D eigenvalue weighted by Crippen LogP contribution is -2.46. The molecule has 0 spiro atoms. The molecule has 2 rings (SSSR count). The fourth-order valence-electron chi connectivity index (χ4n) is 3.22. The van der Waals surface area contributed by atoms with Gasteiger partial charge in [0.15, 0.2) is 0 Å². The number of likely N-dealkylation sites (tertiary alicyclic amines) is 1. The van der Waals surface area contributed by atoms with E-state index in [9.17, 15) is 9.90 Å². The Bertz CT molecular complexity index is 303. The summed E-state index contributed by atoms with van der Waals surface area (Å²) >= 11 is 0. The van der Waals surface area contributed by atoms with E-state index in [0.717, 1.165) is 0 Å². The number of carbonyl (C=O) groups excluding carboxylic acids is 1. The van der Waals surface area contributed by atoms with Crippen LogP contribution in [-0.2, 0) is 4.74 Å². The SMILES string of the molecule is CC(C)(OC(=O)N1CCC(O)CC1)C1CCCCC1. The number of aliphatic hydroxyl groups is 1. The number of ether oxygens (including phenoxy) is 1. The van der Waals surface area contributed by atoms with E-state index in [1.165, 1.54) is 32.1 Å². The number of hydrogen-bond acceptors (Lipinski definition) is 3. The summed E-state index contributed by atoms with van der Waals surface area (Å²) in [6.07, 6.45) is 7.02. The van der Waals surface area contributed by atoms with E-state index in [1.54, 1.807) is 4.90 Å². The highest BCUT2D eigenvalue weighted by Crippen LogP contribution is 2.35. The Kier molecular flexibility index (Phi) is 4.71. The number of carbonyl (C=O) groups is 1. The summed E-state index contributed by atoms with van der Waals surface area (Å²) in [7, 11) is 0. The Balaban J connectivity index is 1.86. The number of nitrogens with zero attached hydrogens (tertiary/aromatic N) is 1. The molecule has 0 aromatic heterocycles. The molecule has 1 heterocycles. The average molecular weight is 269 g/mol. The zero-order valence-electron chi connectivity index (χ0n) is 12.2. The first kappa shape index (κ1) is 14.6. The van der Waals surface area contributed by atoms with Crippen LogP contribution >= 0.6 is 0 Å². The van der Waals surface area contributed by atoms with Gasteiger partial charge in [-0.3, -0.25) is 0 Å². The minimum absolute atomic E-state index is 0.206. The van der Waals surface area contributed by atoms with Gasteiger partial charge >= 0.3 is 6.09 Å². The van der Waals surface area contributed by atoms with Crippen LogP contribution in [-0.4, -0.2) is 40.9 Å². The maximum Gasteiger partial charge on any atom is 0.410 e. The smallest absolute Gasteiger partial charge is 0.410 e. The molecule has 2 fully saturated rings. The van der Waals surface area contributed by atoms with Crippen LogP contribution in [0.5, 0.6) is 0 Å². The van der Waals surface area contributed by atoms with Crippen molar-refractivity contribution < 1.29 is 14.6 Å². The van der Waals surface area contributed by atoms with Gasteiger partial charge in [0.2, 0.25) is 0 Å². The molecule has 0 bridgehead atoms. The summed E-state index contributed by atoms with van der Waals surface area (Å²) in [6, 6.07) is 0. The largest absolute Gasteiger partial charge is 0.443 e. The van der Waals surface area contributed by atoms with Crippen LogP contribution in [0.2, 0.25) is 0 Å². The third-order valence-corrected chi connectivity index (χ3v) is 4.66. The molecule has 1 aliphatic carbocycles. The van der Waals surface area contributed by atoms with E-state index >= 15 is 0 Å². The van der Waals surface area contributed by atoms with Gasteiger partial charge in [0, 0.05) is 13.1 Å². The van der Waals surface area contributed by atoms with Crippen molar-refractivity contribution in [3.8, 4) is 0 Å². The van der Waals surface area contributed by atoms with Crippen molar-refractivity contribution >= 4 is 6.09 Å². The standard InChI is InChI=1S/C15H27NO3/c1-15(2,12-6-4-3-5-7-12)19-14(18)16-10-8-13(17)9-11-16/h12-13,17H,3-11H2,1-2H3. The number of piperidine rings is 1. The monoisotopic (exact) mass is 269 g/mol. The molecule has 0 unspecified atom stereocenters. The first-order chi connectivity index (χ1) is 8.99. The topological polar surface area (TPSA) is 49.8 Å². The molecule has 0 radical (unpaired) electrons. The highest BCUT2D eigenvalue weighted by Gasteiger charge is 2.35. The fraction of sp³-hybridized carbons (Fsp3) is 0.933. The van der Waals surface area contributed by atoms with Crippen molar-refractivity contribution in [2.24, 2.45) is 5.92 Å². The second-order valence-electron chi connectivity index (χ2n) is 6.52. The van der Waals surface area contributed by atoms with Crippen molar-refractivity contribution in [1.29, 1.82) is 0 Å². The zero-order valence-corrected chi connectivity index (χ0v) is 12.2. The first-order valence-corrected chi connectivity index (χ1v) is 7.65. The van der Waals surface area contributed by atoms with E-state index in [2.05, 4.69) is 0 Å². The summed E-state index contributed by atoms with van der Waals surface area (Å²) in [4.78, 5) is 13.9. The minimum Gasteiger partial charge on any atom is -0.443 e. The van der Waals surface area contributed by atoms with Crippen molar-refractivity contribution in [3.05, 3.63) is 0 Å². The van der Waals surface area contributed by atoms with Gasteiger partial charge in [-0.1, -0.05) is 19.3 Å². The molecule has 4 nitrogen and oxygen atoms in total. The lowest BCUT2D eigenvalue weighted by Gasteiger charge is -2.38. The van der Waals surface area contributed by atoms with Crippen LogP contribution < -0.4 is 0 Å². The van der Waals surface area contributed by atoms with Gasteiger partial charge in [0.05, 0.1) is 6.10 Å². The van der Waals surface area contributed by atoms with Gasteiger partial charge in [-0.2, -0.15) is 0 Å². The molecule has 110 valence electrons. The maximum atomic E-state index is 12.2. The van der Waals surface area contributed by atoms with Crippen molar-refractivity contribution in [3.63, 3.8) is 0 Å². The van der Waals surface area contributed by atoms with E-state index in [4.69, 9.17) is 4.74 Å². The van der Waals surface area contributed by atoms with Crippen molar-refractivity contribution in [1.82, 2.24) is 4.90 Å². The molecular formula is C15H27NO3. The summed E-state index contributed by atoms with van der Waals surface area (Å²) in [5.74, 6) is 0.487. The molecular weight excluding hydrogens is 242 g/mol. The second-order valence-corrected chi connectivity index (χ2v) is 6.52. The molecule has 1 aliphatic heterocycles. The Morgan fingerprint density at radius 2 is 1.68 bits per heavy atom. The number of rotatable bonds is 2. The van der Waals surface area contributed by atoms with E-state index in [1.807, 2.05) is 13.8 Å². The lowest BCUT2D eigenvalue weighted by molar-refractivity contribution is -0.0404. The van der Waals surface area contributed by atoms with E-state index in [0.29, 0.717) is 31.8 Å². The van der Waals surface area contributed by atoms with Gasteiger partial charge < -0.3 is 14.7 Å². The van der Waals surface area contributed by atoms with Gasteiger partial charge in [-0.15, -0.1) is 0 Å². The molecule has 1 saturated carbocycles. The predicted molar refractivity (Wildman–Crippen MR) is 73.9 cm³/mol. The lowest BCUT2D eigenvalue weighted by atomic mass is 9.79. The second kappa shape index (κ2) is 6.12. The van der Waals surface area contributed by atoms with Crippen molar-refractivity contribution in [2.45, 2.75) is 70.5 Å². The average Bonchev–Trinajstić information content (AvgIpc) is 2.40. The van der Waals surface area contributed by atoms with Gasteiger partial charge in [-0.25, -0.2) is 4.79 Å². The molecule has 4 heteroatoms. The molecule has 19 heavy (non-hydrogen) atoms. The molecule has 0 aromatic rings. The number of amides is 1. The van der Waals surface area contributed by atoms with Gasteiger partial charge in [0.25, 0.3) is 0 Å². The van der Waals surface area contributed by atoms with Gasteiger partial charge in [-0.05, 0) is 45.4 Å². The number of hydrogen-bond donors (Lipinski definition) is 1. The fourth-order valence-corrected chi connectivity index (χ4v) is 3.22. The zero-order chi connectivity index (χ0) is 13.9. The summed E-state index contributed by atoms with van der Waals surface area (Å²) in [6.45, 7) is 5.31. The molecule has 2 aliphatic rings. The summed E-state index contributed by atoms with van der Waals surface area (Å²) < 4.78 is 5.76. The Morgan fingerprint density at radius 3 is 2.26 bits per heavy atom. The van der Waals surface area contributed by atoms with Crippen molar-refractivity contribution in [2.75, 3.05) is 13.1 Å². The Labute approximate surface area is 116 Å². The third-order valence-electron chi connectivity index (χ3n) is 4.66. The van der Waals surface area contributed by atoms with Crippen LogP contribution in [0.1, 0.15) is 58.8 Å².